The van der Waals surface area contributed by atoms with Gasteiger partial charge in [-0.15, -0.1) is 0 Å². The zero-order chi connectivity index (χ0) is 17.3. The van der Waals surface area contributed by atoms with E-state index in [4.69, 9.17) is 4.74 Å². The Morgan fingerprint density at radius 2 is 2.08 bits per heavy atom. The van der Waals surface area contributed by atoms with Crippen molar-refractivity contribution in [3.8, 4) is 5.75 Å². The van der Waals surface area contributed by atoms with Gasteiger partial charge in [0.15, 0.2) is 0 Å². The molecule has 3 rings (SSSR count). The number of carbonyl (C=O) groups excluding carboxylic acids is 3. The van der Waals surface area contributed by atoms with Crippen molar-refractivity contribution in [1.29, 1.82) is 0 Å². The summed E-state index contributed by atoms with van der Waals surface area (Å²) >= 11 is 0. The molecule has 1 saturated heterocycles. The van der Waals surface area contributed by atoms with Crippen molar-refractivity contribution in [2.45, 2.75) is 37.8 Å². The standard InChI is InChI=1S/C17H21N3O4/c1-17(9-11-5-3-4-6-13(11)24-2)15(22)20(16(23)19-17)10-14(21)18-12-7-8-12/h3-6,12H,7-10H2,1-2H3,(H,18,21)(H,19,23)/t17-/m1/s1. The number of ether oxygens (including phenoxy) is 1. The van der Waals surface area contributed by atoms with E-state index in [1.54, 1.807) is 20.1 Å². The number of amides is 4. The zero-order valence-electron chi connectivity index (χ0n) is 13.8. The minimum Gasteiger partial charge on any atom is -0.496 e. The maximum Gasteiger partial charge on any atom is 0.325 e. The van der Waals surface area contributed by atoms with Crippen LogP contribution in [0.4, 0.5) is 4.79 Å². The third kappa shape index (κ3) is 3.20. The van der Waals surface area contributed by atoms with Crippen molar-refractivity contribution in [3.63, 3.8) is 0 Å². The number of hydrogen-bond donors (Lipinski definition) is 2. The summed E-state index contributed by atoms with van der Waals surface area (Å²) in [5, 5.41) is 5.49. The summed E-state index contributed by atoms with van der Waals surface area (Å²) in [5.74, 6) is -0.0439. The molecule has 0 radical (unpaired) electrons. The van der Waals surface area contributed by atoms with Crippen LogP contribution in [0.2, 0.25) is 0 Å². The second kappa shape index (κ2) is 6.14. The largest absolute Gasteiger partial charge is 0.496 e. The van der Waals surface area contributed by atoms with Gasteiger partial charge in [-0.3, -0.25) is 14.5 Å². The molecule has 1 aromatic rings. The number of imide groups is 1. The van der Waals surface area contributed by atoms with E-state index in [0.29, 0.717) is 12.2 Å². The van der Waals surface area contributed by atoms with Crippen LogP contribution >= 0.6 is 0 Å². The molecule has 7 heteroatoms. The highest BCUT2D eigenvalue weighted by Gasteiger charge is 2.48. The summed E-state index contributed by atoms with van der Waals surface area (Å²) in [6, 6.07) is 7.01. The maximum absolute atomic E-state index is 12.7. The number of urea groups is 1. The van der Waals surface area contributed by atoms with Crippen molar-refractivity contribution < 1.29 is 19.1 Å². The van der Waals surface area contributed by atoms with E-state index < -0.39 is 17.5 Å². The molecule has 128 valence electrons. The number of rotatable bonds is 6. The molecule has 0 unspecified atom stereocenters. The van der Waals surface area contributed by atoms with Crippen LogP contribution in [0.25, 0.3) is 0 Å². The van der Waals surface area contributed by atoms with Crippen LogP contribution in [0.3, 0.4) is 0 Å². The molecule has 1 heterocycles. The van der Waals surface area contributed by atoms with Crippen molar-refractivity contribution in [2.24, 2.45) is 0 Å². The highest BCUT2D eigenvalue weighted by atomic mass is 16.5. The van der Waals surface area contributed by atoms with E-state index in [0.717, 1.165) is 23.3 Å². The number of carbonyl (C=O) groups is 3. The molecule has 1 aliphatic carbocycles. The van der Waals surface area contributed by atoms with Crippen LogP contribution in [0.15, 0.2) is 24.3 Å². The number of methoxy groups -OCH3 is 1. The van der Waals surface area contributed by atoms with Crippen molar-refractivity contribution in [2.75, 3.05) is 13.7 Å². The second-order valence-electron chi connectivity index (χ2n) is 6.48. The smallest absolute Gasteiger partial charge is 0.325 e. The van der Waals surface area contributed by atoms with Gasteiger partial charge < -0.3 is 15.4 Å². The summed E-state index contributed by atoms with van der Waals surface area (Å²) in [7, 11) is 1.56. The molecule has 1 aliphatic heterocycles. The Kier molecular flexibility index (Phi) is 4.17. The van der Waals surface area contributed by atoms with Gasteiger partial charge in [0.05, 0.1) is 7.11 Å². The SMILES string of the molecule is COc1ccccc1C[C@@]1(C)NC(=O)N(CC(=O)NC2CC2)C1=O. The molecule has 7 nitrogen and oxygen atoms in total. The van der Waals surface area contributed by atoms with Crippen LogP contribution in [-0.4, -0.2) is 48.0 Å². The van der Waals surface area contributed by atoms with Crippen molar-refractivity contribution in [3.05, 3.63) is 29.8 Å². The summed E-state index contributed by atoms with van der Waals surface area (Å²) in [5.41, 5.74) is -0.272. The molecule has 0 bridgehead atoms. The third-order valence-corrected chi connectivity index (χ3v) is 4.33. The molecule has 0 spiro atoms. The van der Waals surface area contributed by atoms with Crippen molar-refractivity contribution >= 4 is 17.8 Å². The minimum atomic E-state index is -1.09. The molecule has 2 aliphatic rings. The quantitative estimate of drug-likeness (QED) is 0.756. The summed E-state index contributed by atoms with van der Waals surface area (Å²) in [4.78, 5) is 37.7. The Hall–Kier alpha value is -2.57. The first-order chi connectivity index (χ1) is 11.4. The molecule has 1 saturated carbocycles. The van der Waals surface area contributed by atoms with Crippen LogP contribution < -0.4 is 15.4 Å². The Morgan fingerprint density at radius 1 is 1.38 bits per heavy atom. The molecule has 1 atom stereocenters. The molecule has 24 heavy (non-hydrogen) atoms. The topological polar surface area (TPSA) is 87.7 Å². The van der Waals surface area contributed by atoms with Gasteiger partial charge in [-0.05, 0) is 31.4 Å². The lowest BCUT2D eigenvalue weighted by molar-refractivity contribution is -0.134. The second-order valence-corrected chi connectivity index (χ2v) is 6.48. The number of nitrogens with one attached hydrogen (secondary N) is 2. The van der Waals surface area contributed by atoms with Gasteiger partial charge in [-0.1, -0.05) is 18.2 Å². The number of para-hydroxylation sites is 1. The lowest BCUT2D eigenvalue weighted by Crippen LogP contribution is -2.47. The van der Waals surface area contributed by atoms with Gasteiger partial charge in [-0.25, -0.2) is 4.79 Å². The molecular formula is C17H21N3O4. The summed E-state index contributed by atoms with van der Waals surface area (Å²) in [6.07, 6.45) is 2.21. The van der Waals surface area contributed by atoms with Gasteiger partial charge in [-0.2, -0.15) is 0 Å². The fraction of sp³-hybridized carbons (Fsp3) is 0.471. The lowest BCUT2D eigenvalue weighted by atomic mass is 9.92. The average Bonchev–Trinajstić information content (AvgIpc) is 3.32. The molecule has 2 N–H and O–H groups in total. The predicted octanol–water partition coefficient (Wildman–Crippen LogP) is 0.827. The molecule has 0 aromatic heterocycles. The predicted molar refractivity (Wildman–Crippen MR) is 86.5 cm³/mol. The average molecular weight is 331 g/mol. The van der Waals surface area contributed by atoms with E-state index >= 15 is 0 Å². The van der Waals surface area contributed by atoms with Crippen molar-refractivity contribution in [1.82, 2.24) is 15.5 Å². The first-order valence-corrected chi connectivity index (χ1v) is 7.98. The van der Waals surface area contributed by atoms with Crippen LogP contribution in [0.5, 0.6) is 5.75 Å². The van der Waals surface area contributed by atoms with Gasteiger partial charge in [0.1, 0.15) is 17.8 Å². The third-order valence-electron chi connectivity index (χ3n) is 4.33. The Bertz CT molecular complexity index is 686. The number of nitrogens with zero attached hydrogens (tertiary/aromatic N) is 1. The molecular weight excluding hydrogens is 310 g/mol. The van der Waals surface area contributed by atoms with Gasteiger partial charge >= 0.3 is 6.03 Å². The molecule has 2 fully saturated rings. The van der Waals surface area contributed by atoms with E-state index in [2.05, 4.69) is 10.6 Å². The van der Waals surface area contributed by atoms with Crippen LogP contribution in [0.1, 0.15) is 25.3 Å². The monoisotopic (exact) mass is 331 g/mol. The zero-order valence-corrected chi connectivity index (χ0v) is 13.8. The van der Waals surface area contributed by atoms with E-state index in [1.165, 1.54) is 0 Å². The highest BCUT2D eigenvalue weighted by molar-refractivity contribution is 6.09. The van der Waals surface area contributed by atoms with Gasteiger partial charge in [0.25, 0.3) is 5.91 Å². The van der Waals surface area contributed by atoms with Crippen LogP contribution in [0, 0.1) is 0 Å². The fourth-order valence-corrected chi connectivity index (χ4v) is 2.88. The van der Waals surface area contributed by atoms with E-state index in [1.807, 2.05) is 18.2 Å². The minimum absolute atomic E-state index is 0.193. The lowest BCUT2D eigenvalue weighted by Gasteiger charge is -2.22. The van der Waals surface area contributed by atoms with Gasteiger partial charge in [0, 0.05) is 12.5 Å². The van der Waals surface area contributed by atoms with Gasteiger partial charge in [0.2, 0.25) is 5.91 Å². The Labute approximate surface area is 140 Å². The molecule has 4 amide bonds. The number of benzene rings is 1. The normalized spacial score (nSPS) is 23.2. The maximum atomic E-state index is 12.7. The summed E-state index contributed by atoms with van der Waals surface area (Å²) < 4.78 is 5.30. The number of hydrogen-bond acceptors (Lipinski definition) is 4. The fourth-order valence-electron chi connectivity index (χ4n) is 2.88. The summed E-state index contributed by atoms with van der Waals surface area (Å²) in [6.45, 7) is 1.42. The highest BCUT2D eigenvalue weighted by Crippen LogP contribution is 2.27. The molecule has 1 aromatic carbocycles. The first kappa shape index (κ1) is 16.3. The van der Waals surface area contributed by atoms with Crippen LogP contribution in [-0.2, 0) is 16.0 Å². The Balaban J connectivity index is 1.72. The Morgan fingerprint density at radius 3 is 2.75 bits per heavy atom. The first-order valence-electron chi connectivity index (χ1n) is 7.98. The van der Waals surface area contributed by atoms with E-state index in [-0.39, 0.29) is 18.5 Å². The van der Waals surface area contributed by atoms with E-state index in [9.17, 15) is 14.4 Å².